The van der Waals surface area contributed by atoms with Gasteiger partial charge < -0.3 is 97.8 Å². The van der Waals surface area contributed by atoms with E-state index in [0.717, 1.165) is 64.2 Å². The molecule has 9 N–H and O–H groups in total. The van der Waals surface area contributed by atoms with Crippen molar-refractivity contribution in [2.24, 2.45) is 11.7 Å². The minimum absolute atomic E-state index is 0.000776. The molecule has 0 radical (unpaired) electrons. The molecule has 2 unspecified atom stereocenters. The quantitative estimate of drug-likeness (QED) is 0.0105. The van der Waals surface area contributed by atoms with Crippen LogP contribution >= 0.6 is 78.2 Å². The average molecular weight is 2020 g/mol. The molecule has 8 aliphatic rings. The van der Waals surface area contributed by atoms with E-state index in [-0.39, 0.29) is 72.8 Å². The van der Waals surface area contributed by atoms with Crippen LogP contribution in [0.4, 0.5) is 17.5 Å². The van der Waals surface area contributed by atoms with E-state index in [1.54, 1.807) is 111 Å². The lowest BCUT2D eigenvalue weighted by atomic mass is 10.1. The first-order valence-electron chi connectivity index (χ1n) is 44.2. The number of anilines is 3. The Kier molecular flexibility index (Phi) is 36.7. The third kappa shape index (κ3) is 28.4. The standard InChI is InChI=1S/C31H42ClN6O8P.C28H38ClN6O8P.C19H25Cl3N5O5P.C5H13N.CO2/c1-18(2)42-29(39)19(3)37-47(40,46-21-13-7-6-8-14-21)17-41-15-22-24-25(45-31(4,5)44-24)28(43-22)38-16-33-23-26(34-20-11-9-10-12-20)35-30(32)36-27(23)38;1-16(2)41-27(38)17(3)34-44(39,43-19-11-5-4-6-12-19)15-40-13-20-22(36)23(37)26(42-20)35-14-30-21-24(31-18-9-7-8-10-18)32-28(29)33-25(21)35;1-19(2)31-13-11(7-29-9-33(21,22)28)30-17(14(13)32-19)27-8-23-12-15(24-10-5-3-4-6-10)25-18(20)26-16(12)27;1-4(2)5(3)6;2-1-3/h6-8,13-14,16,18-20,22,24-25,28H,9-12,15,17H2,1-5H3,(H,37,40)(H,34,35,36);4-6,11-12,14,16-18,20,22-23,26,36-37H,7-10,13,15H2,1-3H3,(H,34,39)(H,31,32,33);8,10-11,13-14,17H,3-7,9H2,1-2H3,(H,24,25,26);4-5H,6H2,1-3H3;/t19-,22-,24-,25-,28-,47?;17-,20-,22-,23-,26-,44?;11-,13-,14-,17-;5-;/m1111./s1. The number of aliphatic hydroxyl groups is 2. The summed E-state index contributed by atoms with van der Waals surface area (Å²) in [6.07, 6.45) is 7.31. The van der Waals surface area contributed by atoms with Crippen LogP contribution in [0.5, 0.6) is 11.5 Å². The van der Waals surface area contributed by atoms with Gasteiger partial charge in [-0.1, -0.05) is 88.8 Å². The van der Waals surface area contributed by atoms with Crippen LogP contribution in [0.3, 0.4) is 0 Å². The Morgan fingerprint density at radius 3 is 1.12 bits per heavy atom. The Bertz CT molecular complexity index is 5360. The number of carbonyl (C=O) groups excluding carboxylic acids is 4. The van der Waals surface area contributed by atoms with Gasteiger partial charge in [0.05, 0.1) is 51.0 Å². The zero-order chi connectivity index (χ0) is 96.0. The molecular weight excluding hydrogens is 1900 g/mol. The molecule has 49 heteroatoms. The van der Waals surface area contributed by atoms with E-state index in [1.165, 1.54) is 30.7 Å². The molecule has 0 spiro atoms. The van der Waals surface area contributed by atoms with Crippen molar-refractivity contribution in [1.29, 1.82) is 0 Å². The molecule has 2 aromatic carbocycles. The smallest absolute Gasteiger partial charge is 0.373 e. The second kappa shape index (κ2) is 46.6. The monoisotopic (exact) mass is 2010 g/mol. The summed E-state index contributed by atoms with van der Waals surface area (Å²) in [7, 11) is -7.61. The fraction of sp³-hybridized carbons (Fsp3) is 0.643. The Labute approximate surface area is 794 Å². The number of imidazole rings is 3. The fourth-order valence-corrected chi connectivity index (χ4v) is 20.7. The van der Waals surface area contributed by atoms with Crippen molar-refractivity contribution in [2.75, 3.05) is 54.8 Å². The van der Waals surface area contributed by atoms with Gasteiger partial charge in [-0.25, -0.2) is 25.1 Å². The number of carbonyl (C=O) groups is 2. The number of aromatic nitrogens is 12. The maximum atomic E-state index is 14.1. The van der Waals surface area contributed by atoms with Crippen LogP contribution in [0.1, 0.15) is 186 Å². The first-order chi connectivity index (χ1) is 63.1. The molecule has 3 saturated carbocycles. The highest BCUT2D eigenvalue weighted by atomic mass is 35.9. The molecule has 6 aromatic heterocycles. The lowest BCUT2D eigenvalue weighted by Crippen LogP contribution is -2.37. The topological polar surface area (TPSA) is 506 Å². The molecule has 16 rings (SSSR count). The van der Waals surface area contributed by atoms with Crippen molar-refractivity contribution in [2.45, 2.75) is 301 Å². The molecule has 41 nitrogen and oxygen atoms in total. The van der Waals surface area contributed by atoms with Gasteiger partial charge in [-0.15, -0.1) is 0 Å². The molecule has 11 heterocycles. The molecule has 5 saturated heterocycles. The number of benzene rings is 2. The second-order valence-electron chi connectivity index (χ2n) is 35.3. The Hall–Kier alpha value is -7.05. The van der Waals surface area contributed by atoms with E-state index in [2.05, 4.69) is 84.8 Å². The molecule has 5 aliphatic heterocycles. The zero-order valence-corrected chi connectivity index (χ0v) is 82.5. The number of halogens is 5. The van der Waals surface area contributed by atoms with Gasteiger partial charge in [0, 0.05) is 24.2 Å². The van der Waals surface area contributed by atoms with Gasteiger partial charge in [0.25, 0.3) is 5.85 Å². The third-order valence-electron chi connectivity index (χ3n) is 22.5. The number of hydrogen-bond donors (Lipinski definition) is 8. The molecule has 0 bridgehead atoms. The molecule has 8 fully saturated rings. The number of nitrogens with two attached hydrogens (primary N) is 1. The predicted octanol–water partition coefficient (Wildman–Crippen LogP) is 14.4. The van der Waals surface area contributed by atoms with Crippen molar-refractivity contribution in [3.63, 3.8) is 0 Å². The lowest BCUT2D eigenvalue weighted by molar-refractivity contribution is -0.201. The summed E-state index contributed by atoms with van der Waals surface area (Å²) in [5.41, 5.74) is 8.43. The highest BCUT2D eigenvalue weighted by Crippen LogP contribution is 2.57. The summed E-state index contributed by atoms with van der Waals surface area (Å²) in [5.74, 6) is -3.26. The van der Waals surface area contributed by atoms with E-state index in [4.69, 9.17) is 138 Å². The van der Waals surface area contributed by atoms with Crippen molar-refractivity contribution in [3.05, 3.63) is 95.5 Å². The number of aliphatic hydroxyl groups excluding tert-OH is 2. The Morgan fingerprint density at radius 2 is 0.797 bits per heavy atom. The largest absolute Gasteiger partial charge is 0.462 e. The summed E-state index contributed by atoms with van der Waals surface area (Å²) < 4.78 is 127. The van der Waals surface area contributed by atoms with Gasteiger partial charge in [0.15, 0.2) is 81.2 Å². The normalized spacial score (nSPS) is 25.4. The fourth-order valence-electron chi connectivity index (χ4n) is 16.2. The van der Waals surface area contributed by atoms with Crippen LogP contribution in [0.2, 0.25) is 15.9 Å². The first-order valence-corrected chi connectivity index (χ1v) is 52.7. The highest BCUT2D eigenvalue weighted by molar-refractivity contribution is 8.08. The second-order valence-corrected chi connectivity index (χ2v) is 45.6. The maximum absolute atomic E-state index is 14.1. The Balaban J connectivity index is 0.000000174. The number of ether oxygens (including phenoxy) is 12. The van der Waals surface area contributed by atoms with Gasteiger partial charge in [-0.3, -0.25) is 37.0 Å². The van der Waals surface area contributed by atoms with E-state index >= 15 is 0 Å². The van der Waals surface area contributed by atoms with E-state index in [9.17, 15) is 33.5 Å². The van der Waals surface area contributed by atoms with E-state index in [1.807, 2.05) is 40.7 Å². The van der Waals surface area contributed by atoms with Gasteiger partial charge >= 0.3 is 33.1 Å². The molecule has 8 aromatic rings. The van der Waals surface area contributed by atoms with Gasteiger partial charge in [-0.2, -0.15) is 39.5 Å². The zero-order valence-electron chi connectivity index (χ0n) is 76.0. The number of nitrogens with zero attached hydrogens (tertiary/aromatic N) is 12. The molecular formula is C84H118Cl5N18O23P3. The van der Waals surface area contributed by atoms with E-state index < -0.39 is 136 Å². The number of nitrogens with one attached hydrogen (secondary N) is 5. The molecule has 3 aliphatic carbocycles. The van der Waals surface area contributed by atoms with Crippen LogP contribution in [0.15, 0.2) is 79.6 Å². The summed E-state index contributed by atoms with van der Waals surface area (Å²) >= 11 is 30.1. The van der Waals surface area contributed by atoms with Crippen molar-refractivity contribution < 1.29 is 109 Å². The minimum atomic E-state index is -3.83. The number of hydrogen-bond acceptors (Lipinski definition) is 36. The van der Waals surface area contributed by atoms with Crippen molar-refractivity contribution >= 4 is 147 Å². The summed E-state index contributed by atoms with van der Waals surface area (Å²) in [6.45, 7) is 23.4. The first kappa shape index (κ1) is 105. The van der Waals surface area contributed by atoms with Crippen LogP contribution in [0, 0.1) is 5.92 Å². The summed E-state index contributed by atoms with van der Waals surface area (Å²) in [4.78, 5) is 81.1. The highest BCUT2D eigenvalue weighted by Gasteiger charge is 2.58. The predicted molar refractivity (Wildman–Crippen MR) is 492 cm³/mol. The lowest BCUT2D eigenvalue weighted by Gasteiger charge is -2.26. The number of rotatable bonds is 34. The van der Waals surface area contributed by atoms with Crippen molar-refractivity contribution in [1.82, 2.24) is 68.7 Å². The molecule has 17 atom stereocenters. The van der Waals surface area contributed by atoms with Crippen LogP contribution in [-0.4, -0.2) is 241 Å². The van der Waals surface area contributed by atoms with E-state index in [0.29, 0.717) is 86.5 Å². The van der Waals surface area contributed by atoms with Crippen LogP contribution in [-0.2, 0) is 89.7 Å². The van der Waals surface area contributed by atoms with Gasteiger partial charge in [0.2, 0.25) is 15.9 Å². The maximum Gasteiger partial charge on any atom is 0.373 e. The van der Waals surface area contributed by atoms with Gasteiger partial charge in [0.1, 0.15) is 97.6 Å². The summed E-state index contributed by atoms with van der Waals surface area (Å²) in [6, 6.07) is 16.5. The molecule has 732 valence electrons. The molecule has 133 heavy (non-hydrogen) atoms. The Morgan fingerprint density at radius 1 is 0.489 bits per heavy atom. The van der Waals surface area contributed by atoms with Crippen molar-refractivity contribution in [3.8, 4) is 11.5 Å². The average Bonchev–Trinajstić information content (AvgIpc) is 1.62. The number of fused-ring (bicyclic) bond motifs is 5. The number of esters is 2. The summed E-state index contributed by atoms with van der Waals surface area (Å²) in [5, 5.41) is 37.8. The van der Waals surface area contributed by atoms with Crippen LogP contribution in [0.25, 0.3) is 33.5 Å². The molecule has 0 amide bonds. The minimum Gasteiger partial charge on any atom is -0.462 e. The van der Waals surface area contributed by atoms with Gasteiger partial charge in [-0.05, 0) is 202 Å². The number of para-hydroxylation sites is 2. The SMILES string of the molecule is CC(C)OC(=O)[C@@H](C)NP(=O)(COC[C@H]1O[C@@H](n2cnc3c(NC4CCCC4)nc(Cl)nc32)[C@@H]2OC(C)(C)O[C@@H]21)Oc1ccccc1.CC(C)OC(=O)[C@@H](C)NP(=O)(COC[C@H]1O[C@@H](n2cnc3c(NC4CCCC4)nc(Cl)nc32)[C@H](O)[C@@H]1O)Oc1ccccc1.CC(C)[C@@H](C)N.CC1(C)O[C@@H]2[C@H](O1)[C@@H](COCP(=O)(Cl)Cl)O[C@H]2n1cnc2c(NC3CCCC3)nc(Cl)nc21.O=C=O. The third-order valence-corrected chi connectivity index (χ3v) is 27.7. The van der Waals surface area contributed by atoms with Crippen LogP contribution < -0.4 is 40.9 Å².